The zero-order chi connectivity index (χ0) is 99.0. The van der Waals surface area contributed by atoms with E-state index in [0.29, 0.717) is 128 Å². The molecule has 710 valence electrons. The molecule has 7 heterocycles. The number of likely N-dealkylation sites (N-methyl/N-ethyl adjacent to an activating group) is 1. The van der Waals surface area contributed by atoms with Gasteiger partial charge in [-0.15, -0.1) is 0 Å². The van der Waals surface area contributed by atoms with Gasteiger partial charge in [0.25, 0.3) is 47.3 Å². The predicted molar refractivity (Wildman–Crippen MR) is 554 cm³/mol. The fourth-order valence-corrected chi connectivity index (χ4v) is 14.8. The zero-order valence-electron chi connectivity index (χ0n) is 78.0. The van der Waals surface area contributed by atoms with E-state index in [9.17, 15) is 38.4 Å². The third-order valence-corrected chi connectivity index (χ3v) is 23.1. The van der Waals surface area contributed by atoms with E-state index in [1.807, 2.05) is 124 Å². The third kappa shape index (κ3) is 27.6. The zero-order valence-corrected chi connectivity index (χ0v) is 81.0. The number of likely N-dealkylation sites (tertiary alicyclic amines) is 2. The summed E-state index contributed by atoms with van der Waals surface area (Å²) < 4.78 is 0. The van der Waals surface area contributed by atoms with Crippen molar-refractivity contribution in [1.82, 2.24) is 39.5 Å². The van der Waals surface area contributed by atoms with Gasteiger partial charge in [-0.25, -0.2) is 19.9 Å². The number of aliphatic imine (C=N–C) groups is 1. The number of hydrogen-bond acceptors (Lipinski definition) is 21. The minimum atomic E-state index is -0.418. The fraction of sp³-hybridized carbons (Fsp3) is 0.216. The van der Waals surface area contributed by atoms with Crippen LogP contribution in [0.1, 0.15) is 137 Å². The van der Waals surface area contributed by atoms with Crippen molar-refractivity contribution in [3.63, 3.8) is 0 Å². The van der Waals surface area contributed by atoms with Gasteiger partial charge in [-0.1, -0.05) is 94.9 Å². The number of halogens is 4. The molecule has 0 atom stereocenters. The first-order chi connectivity index (χ1) is 66.1. The van der Waals surface area contributed by atoms with Crippen molar-refractivity contribution in [3.05, 3.63) is 330 Å². The number of carbonyl (C=O) groups excluding carboxylic acids is 8. The van der Waals surface area contributed by atoms with Crippen molar-refractivity contribution in [3.8, 4) is 0 Å². The monoisotopic (exact) mass is 1930 g/mol. The number of anilines is 12. The maximum Gasteiger partial charge on any atom is 0.259 e. The minimum Gasteiger partial charge on any atom is -0.378 e. The van der Waals surface area contributed by atoms with Gasteiger partial charge in [0, 0.05) is 202 Å². The molecule has 0 spiro atoms. The van der Waals surface area contributed by atoms with E-state index in [4.69, 9.17) is 62.6 Å². The Labute approximate surface area is 820 Å². The summed E-state index contributed by atoms with van der Waals surface area (Å²) in [7, 11) is 20.5. The number of benzene rings is 8. The molecule has 8 amide bonds. The molecule has 138 heavy (non-hydrogen) atoms. The van der Waals surface area contributed by atoms with Crippen molar-refractivity contribution >= 4 is 186 Å². The van der Waals surface area contributed by atoms with Crippen LogP contribution in [-0.4, -0.2) is 227 Å². The molecule has 8 aromatic carbocycles. The molecule has 2 saturated heterocycles. The van der Waals surface area contributed by atoms with Gasteiger partial charge in [0.15, 0.2) is 0 Å². The second kappa shape index (κ2) is 47.5. The average molecular weight is 1940 g/mol. The SMILES string of the molecule is CN(C)C(=N)c1ccc(C(=O)Nc2ccc(N(C)C)cc2C(=O)Nc2ccc(Cl)cn2)cc1.CN(C)c1ccc(NC(=O)c2ccc(C(=N)N3CCCC3)cc2)c(C(=O)Nc2ccc(Cl)cn2)c1.CN(C)c1ccc(NC(=O)c2ccc(C(=N)N3CCCCC3)cc2)c(C(=O)Nc2ccc(Cl)cn2)c1.CN1CCN=C1c1ccc(C(=O)Nc2ccc(N(C)C)cc2C(=O)Nc2ccc(Cl)cn2)cc1. The van der Waals surface area contributed by atoms with Gasteiger partial charge in [0.2, 0.25) is 0 Å². The van der Waals surface area contributed by atoms with Gasteiger partial charge in [0.05, 0.1) is 71.6 Å². The highest BCUT2D eigenvalue weighted by Crippen LogP contribution is 2.32. The lowest BCUT2D eigenvalue weighted by Crippen LogP contribution is -2.35. The number of nitrogens with zero attached hydrogens (tertiary/aromatic N) is 13. The maximum absolute atomic E-state index is 13.1. The lowest BCUT2D eigenvalue weighted by Gasteiger charge is -2.29. The summed E-state index contributed by atoms with van der Waals surface area (Å²) in [6.07, 6.45) is 11.4. The number of hydrogen-bond donors (Lipinski definition) is 11. The molecule has 0 radical (unpaired) electrons. The van der Waals surface area contributed by atoms with Crippen LogP contribution in [0.3, 0.4) is 0 Å². The summed E-state index contributed by atoms with van der Waals surface area (Å²) in [6.45, 7) is 5.21. The highest BCUT2D eigenvalue weighted by atomic mass is 35.5. The molecular weight excluding hydrogens is 1830 g/mol. The summed E-state index contributed by atoms with van der Waals surface area (Å²) in [5, 5.41) is 49.1. The molecule has 32 nitrogen and oxygen atoms in total. The van der Waals surface area contributed by atoms with Crippen LogP contribution in [0.2, 0.25) is 20.1 Å². The Morgan fingerprint density at radius 2 is 0.551 bits per heavy atom. The molecule has 3 aliphatic rings. The number of rotatable bonds is 24. The second-order valence-corrected chi connectivity index (χ2v) is 34.9. The second-order valence-electron chi connectivity index (χ2n) is 33.2. The summed E-state index contributed by atoms with van der Waals surface area (Å²) in [5.41, 5.74) is 10.9. The number of aromatic nitrogens is 4. The maximum atomic E-state index is 13.1. The first-order valence-electron chi connectivity index (χ1n) is 43.9. The molecule has 0 saturated carbocycles. The molecule has 36 heteroatoms. The van der Waals surface area contributed by atoms with Crippen LogP contribution in [-0.2, 0) is 0 Å². The van der Waals surface area contributed by atoms with Gasteiger partial charge >= 0.3 is 0 Å². The summed E-state index contributed by atoms with van der Waals surface area (Å²) in [4.78, 5) is 140. The highest BCUT2D eigenvalue weighted by molar-refractivity contribution is 6.32. The number of amidine groups is 4. The molecule has 15 rings (SSSR count). The van der Waals surface area contributed by atoms with Crippen LogP contribution in [0.25, 0.3) is 0 Å². The minimum absolute atomic E-state index is 0.289. The first kappa shape index (κ1) is 101. The van der Waals surface area contributed by atoms with Gasteiger partial charge < -0.3 is 81.7 Å². The van der Waals surface area contributed by atoms with Crippen LogP contribution in [0.15, 0.2) is 248 Å². The molecular formula is C102H106Cl4N24O8. The van der Waals surface area contributed by atoms with Crippen molar-refractivity contribution in [2.45, 2.75) is 32.1 Å². The predicted octanol–water partition coefficient (Wildman–Crippen LogP) is 18.0. The molecule has 3 aliphatic heterocycles. The number of piperidine rings is 1. The Bertz CT molecular complexity index is 6460. The normalized spacial score (nSPS) is 12.3. The summed E-state index contributed by atoms with van der Waals surface area (Å²) >= 11 is 23.5. The number of amides is 8. The van der Waals surface area contributed by atoms with Crippen molar-refractivity contribution in [2.24, 2.45) is 4.99 Å². The standard InChI is InChI=1S/C27H29ClN6O2.C26H27ClN6O2.C25H25ClN6O2.C24H25ClN6O2/c1-33(2)21-11-12-23(22(16-21)27(36)32-24-13-10-20(28)17-30-24)31-26(35)19-8-6-18(7-9-19)25(29)34-14-4-3-5-15-34;1-32(2)20-10-11-22(21(15-20)26(35)31-23-12-9-19(27)16-29-23)30-25(34)18-7-5-17(6-8-18)24(28)33-13-3-4-14-33;1-31(2)19-9-10-21(20(14-19)25(34)30-22-11-8-18(26)15-28-22)29-24(33)17-6-4-16(5-7-17)23-27-12-13-32(23)3;1-30(2)18-10-11-20(19(13-18)24(33)29-21-12-9-17(25)14-27-21)28-23(32)16-7-5-15(6-8-16)22(26)31(3)4/h6-13,16-17,29H,3-5,14-15H2,1-2H3,(H,31,35)(H,30,32,36);5-12,15-16,28H,3-4,13-14H2,1-2H3,(H,30,34)(H,29,31,35);4-11,14-15H,12-13H2,1-3H3,(H,29,33)(H,28,30,34);5-14,26H,1-4H3,(H,28,32)(H,27,29,33). The Kier molecular flexibility index (Phi) is 34.9. The lowest BCUT2D eigenvalue weighted by atomic mass is 10.1. The Morgan fingerprint density at radius 1 is 0.297 bits per heavy atom. The van der Waals surface area contributed by atoms with Gasteiger partial charge in [-0.2, -0.15) is 0 Å². The number of pyridine rings is 4. The van der Waals surface area contributed by atoms with E-state index in [1.54, 1.807) is 201 Å². The Morgan fingerprint density at radius 3 is 0.790 bits per heavy atom. The molecule has 12 aromatic rings. The third-order valence-electron chi connectivity index (χ3n) is 22.2. The molecule has 0 unspecified atom stereocenters. The molecule has 0 bridgehead atoms. The van der Waals surface area contributed by atoms with E-state index in [1.165, 1.54) is 31.2 Å². The quantitative estimate of drug-likeness (QED) is 0.0198. The van der Waals surface area contributed by atoms with Crippen LogP contribution in [0, 0.1) is 16.2 Å². The van der Waals surface area contributed by atoms with Crippen molar-refractivity contribution < 1.29 is 38.4 Å². The van der Waals surface area contributed by atoms with Crippen molar-refractivity contribution in [2.75, 3.05) is 179 Å². The van der Waals surface area contributed by atoms with Crippen LogP contribution in [0.4, 0.5) is 68.8 Å². The van der Waals surface area contributed by atoms with E-state index in [2.05, 4.69) is 77.3 Å². The number of carbonyl (C=O) groups is 8. The van der Waals surface area contributed by atoms with E-state index in [0.717, 1.165) is 110 Å². The van der Waals surface area contributed by atoms with Gasteiger partial charge in [0.1, 0.15) is 46.6 Å². The number of nitrogens with one attached hydrogen (secondary N) is 11. The largest absolute Gasteiger partial charge is 0.378 e. The summed E-state index contributed by atoms with van der Waals surface area (Å²) in [5.74, 6) is 0.616. The lowest BCUT2D eigenvalue weighted by molar-refractivity contribution is 0.101. The highest BCUT2D eigenvalue weighted by Gasteiger charge is 2.26. The Balaban J connectivity index is 0.000000165. The molecule has 11 N–H and O–H groups in total. The van der Waals surface area contributed by atoms with Gasteiger partial charge in [-0.05, 0) is 202 Å². The molecule has 0 aliphatic carbocycles. The van der Waals surface area contributed by atoms with Crippen LogP contribution in [0.5, 0.6) is 0 Å². The topological polar surface area (TPSA) is 394 Å². The molecule has 2 fully saturated rings. The average Bonchev–Trinajstić information content (AvgIpc) is 1.08. The van der Waals surface area contributed by atoms with Gasteiger partial charge in [-0.3, -0.25) is 59.6 Å². The summed E-state index contributed by atoms with van der Waals surface area (Å²) in [6, 6.07) is 61.9. The van der Waals surface area contributed by atoms with E-state index >= 15 is 0 Å². The van der Waals surface area contributed by atoms with Crippen LogP contribution < -0.4 is 62.1 Å². The van der Waals surface area contributed by atoms with Crippen molar-refractivity contribution in [1.29, 1.82) is 16.2 Å². The van der Waals surface area contributed by atoms with E-state index in [-0.39, 0.29) is 29.2 Å². The smallest absolute Gasteiger partial charge is 0.259 e. The fourth-order valence-electron chi connectivity index (χ4n) is 14.4. The first-order valence-corrected chi connectivity index (χ1v) is 45.4. The Hall–Kier alpha value is -15.6. The van der Waals surface area contributed by atoms with E-state index < -0.39 is 23.6 Å². The van der Waals surface area contributed by atoms with Crippen LogP contribution >= 0.6 is 46.4 Å². The molecule has 4 aromatic heterocycles.